The van der Waals surface area contributed by atoms with Gasteiger partial charge in [-0.05, 0) is 61.7 Å². The Bertz CT molecular complexity index is 1010. The largest absolute Gasteiger partial charge is 0.302 e. The summed E-state index contributed by atoms with van der Waals surface area (Å²) in [6.45, 7) is 6.46. The van der Waals surface area contributed by atoms with Gasteiger partial charge < -0.3 is 4.90 Å². The first-order valence-corrected chi connectivity index (χ1v) is 9.58. The Morgan fingerprint density at radius 3 is 2.14 bits per heavy atom. The highest BCUT2D eigenvalue weighted by molar-refractivity contribution is 6.08. The van der Waals surface area contributed by atoms with Gasteiger partial charge in [0.1, 0.15) is 5.82 Å². The summed E-state index contributed by atoms with van der Waals surface area (Å²) < 4.78 is 13.3. The minimum absolute atomic E-state index is 0.104. The fraction of sp³-hybridized carbons (Fsp3) is 0.240. The van der Waals surface area contributed by atoms with Crippen LogP contribution in [0.15, 0.2) is 78.9 Å². The van der Waals surface area contributed by atoms with Crippen LogP contribution in [0.3, 0.4) is 0 Å². The number of halogens is 1. The van der Waals surface area contributed by atoms with E-state index in [9.17, 15) is 9.18 Å². The second kappa shape index (κ2) is 6.59. The molecular weight excluding hydrogens is 349 g/mol. The number of carbonyl (C=O) groups is 1. The van der Waals surface area contributed by atoms with Crippen molar-refractivity contribution in [3.63, 3.8) is 0 Å². The highest BCUT2D eigenvalue weighted by Gasteiger charge is 2.47. The number of nitrogens with zero attached hydrogens (tertiary/aromatic N) is 1. The van der Waals surface area contributed by atoms with Crippen LogP contribution in [0.25, 0.3) is 0 Å². The van der Waals surface area contributed by atoms with E-state index in [1.54, 1.807) is 12.1 Å². The minimum Gasteiger partial charge on any atom is -0.302 e. The van der Waals surface area contributed by atoms with Crippen molar-refractivity contribution in [2.45, 2.75) is 38.1 Å². The van der Waals surface area contributed by atoms with E-state index < -0.39 is 5.54 Å². The van der Waals surface area contributed by atoms with Gasteiger partial charge in [-0.15, -0.1) is 0 Å². The van der Waals surface area contributed by atoms with Gasteiger partial charge >= 0.3 is 0 Å². The maximum atomic E-state index is 13.4. The molecule has 142 valence electrons. The highest BCUT2D eigenvalue weighted by atomic mass is 19.1. The molecule has 0 saturated heterocycles. The fourth-order valence-electron chi connectivity index (χ4n) is 4.67. The molecule has 0 fully saturated rings. The van der Waals surface area contributed by atoms with Crippen molar-refractivity contribution in [3.8, 4) is 0 Å². The number of fused-ring (bicyclic) bond motifs is 1. The van der Waals surface area contributed by atoms with E-state index >= 15 is 0 Å². The third-order valence-electron chi connectivity index (χ3n) is 5.84. The van der Waals surface area contributed by atoms with Crippen molar-refractivity contribution in [2.75, 3.05) is 4.90 Å². The van der Waals surface area contributed by atoms with Gasteiger partial charge in [-0.25, -0.2) is 4.39 Å². The van der Waals surface area contributed by atoms with Crippen LogP contribution in [0.5, 0.6) is 0 Å². The molecule has 0 bridgehead atoms. The second-order valence-electron chi connectivity index (χ2n) is 8.35. The first-order valence-electron chi connectivity index (χ1n) is 9.58. The number of para-hydroxylation sites is 1. The lowest BCUT2D eigenvalue weighted by atomic mass is 9.65. The van der Waals surface area contributed by atoms with Gasteiger partial charge in [-0.2, -0.15) is 0 Å². The summed E-state index contributed by atoms with van der Waals surface area (Å²) >= 11 is 0. The number of anilines is 1. The van der Waals surface area contributed by atoms with E-state index in [1.165, 1.54) is 17.7 Å². The van der Waals surface area contributed by atoms with E-state index in [-0.39, 0.29) is 17.1 Å². The molecule has 1 amide bonds. The predicted molar refractivity (Wildman–Crippen MR) is 111 cm³/mol. The molecule has 1 atom stereocenters. The number of hydrogen-bond acceptors (Lipinski definition) is 1. The van der Waals surface area contributed by atoms with E-state index in [0.717, 1.165) is 17.7 Å². The van der Waals surface area contributed by atoms with Gasteiger partial charge in [-0.3, -0.25) is 4.79 Å². The number of rotatable bonds is 2. The van der Waals surface area contributed by atoms with Crippen molar-refractivity contribution in [1.82, 2.24) is 0 Å². The van der Waals surface area contributed by atoms with E-state index in [0.29, 0.717) is 5.56 Å². The van der Waals surface area contributed by atoms with Crippen LogP contribution in [-0.4, -0.2) is 11.4 Å². The van der Waals surface area contributed by atoms with E-state index in [2.05, 4.69) is 51.1 Å². The molecular formula is C25H24FNO. The normalized spacial score (nSPS) is 20.5. The monoisotopic (exact) mass is 373 g/mol. The van der Waals surface area contributed by atoms with Crippen LogP contribution in [0.4, 0.5) is 10.1 Å². The summed E-state index contributed by atoms with van der Waals surface area (Å²) in [5.74, 6) is -0.445. The molecule has 0 aromatic heterocycles. The molecule has 0 saturated carbocycles. The van der Waals surface area contributed by atoms with Gasteiger partial charge in [0.15, 0.2) is 0 Å². The molecule has 1 aliphatic heterocycles. The first kappa shape index (κ1) is 18.4. The molecule has 1 heterocycles. The van der Waals surface area contributed by atoms with Crippen LogP contribution >= 0.6 is 0 Å². The Kier molecular flexibility index (Phi) is 4.34. The Hall–Kier alpha value is -2.94. The summed E-state index contributed by atoms with van der Waals surface area (Å²) in [4.78, 5) is 15.3. The van der Waals surface area contributed by atoms with E-state index in [4.69, 9.17) is 0 Å². The third kappa shape index (κ3) is 2.91. The molecule has 3 heteroatoms. The van der Waals surface area contributed by atoms with Gasteiger partial charge in [0.2, 0.25) is 0 Å². The second-order valence-corrected chi connectivity index (χ2v) is 8.35. The Morgan fingerprint density at radius 1 is 0.857 bits per heavy atom. The summed E-state index contributed by atoms with van der Waals surface area (Å²) in [5.41, 5.74) is 3.16. The van der Waals surface area contributed by atoms with Crippen molar-refractivity contribution in [1.29, 1.82) is 0 Å². The van der Waals surface area contributed by atoms with Gasteiger partial charge in [-0.1, -0.05) is 55.5 Å². The number of hydrogen-bond donors (Lipinski definition) is 0. The average Bonchev–Trinajstić information content (AvgIpc) is 2.68. The lowest BCUT2D eigenvalue weighted by Crippen LogP contribution is -2.55. The maximum Gasteiger partial charge on any atom is 0.258 e. The van der Waals surface area contributed by atoms with Crippen LogP contribution in [0.2, 0.25) is 0 Å². The standard InChI is InChI=1S/C25H24FNO/c1-24(2)17-25(3,19-9-5-4-6-10-19)21-11-7-8-12-22(21)27(24)23(28)18-13-15-20(26)16-14-18/h4-16H,17H2,1-3H3/t25-/m1/s1. The highest BCUT2D eigenvalue weighted by Crippen LogP contribution is 2.50. The zero-order valence-corrected chi connectivity index (χ0v) is 16.4. The molecule has 0 aliphatic carbocycles. The lowest BCUT2D eigenvalue weighted by molar-refractivity contribution is 0.0948. The molecule has 1 aliphatic rings. The molecule has 4 rings (SSSR count). The van der Waals surface area contributed by atoms with Crippen LogP contribution in [0, 0.1) is 5.82 Å². The fourth-order valence-corrected chi connectivity index (χ4v) is 4.67. The van der Waals surface area contributed by atoms with E-state index in [1.807, 2.05) is 29.2 Å². The van der Waals surface area contributed by atoms with Crippen molar-refractivity contribution in [3.05, 3.63) is 101 Å². The van der Waals surface area contributed by atoms with Gasteiger partial charge in [0.05, 0.1) is 0 Å². The van der Waals surface area contributed by atoms with Crippen molar-refractivity contribution < 1.29 is 9.18 Å². The number of amides is 1. The maximum absolute atomic E-state index is 13.4. The lowest BCUT2D eigenvalue weighted by Gasteiger charge is -2.51. The summed E-state index contributed by atoms with van der Waals surface area (Å²) in [7, 11) is 0. The molecule has 3 aromatic carbocycles. The smallest absolute Gasteiger partial charge is 0.258 e. The molecule has 0 spiro atoms. The Labute approximate surface area is 165 Å². The van der Waals surface area contributed by atoms with Crippen molar-refractivity contribution in [2.24, 2.45) is 0 Å². The SMILES string of the molecule is CC1(C)C[C@](C)(c2ccccc2)c2ccccc2N1C(=O)c1ccc(F)cc1. The quantitative estimate of drug-likeness (QED) is 0.543. The Balaban J connectivity index is 1.88. The average molecular weight is 373 g/mol. The summed E-state index contributed by atoms with van der Waals surface area (Å²) in [6, 6.07) is 24.4. The number of benzene rings is 3. The van der Waals surface area contributed by atoms with Crippen LogP contribution in [0.1, 0.15) is 48.7 Å². The Morgan fingerprint density at radius 2 is 1.46 bits per heavy atom. The van der Waals surface area contributed by atoms with Crippen LogP contribution < -0.4 is 4.90 Å². The molecule has 0 unspecified atom stereocenters. The molecule has 28 heavy (non-hydrogen) atoms. The van der Waals surface area contributed by atoms with Crippen molar-refractivity contribution >= 4 is 11.6 Å². The zero-order valence-electron chi connectivity index (χ0n) is 16.4. The summed E-state index contributed by atoms with van der Waals surface area (Å²) in [6.07, 6.45) is 0.786. The van der Waals surface area contributed by atoms with Crippen LogP contribution in [-0.2, 0) is 5.41 Å². The first-order chi connectivity index (χ1) is 13.3. The molecule has 3 aromatic rings. The third-order valence-corrected chi connectivity index (χ3v) is 5.84. The molecule has 0 N–H and O–H groups in total. The predicted octanol–water partition coefficient (Wildman–Crippen LogP) is 5.96. The molecule has 2 nitrogen and oxygen atoms in total. The number of carbonyl (C=O) groups excluding carboxylic acids is 1. The topological polar surface area (TPSA) is 20.3 Å². The molecule has 0 radical (unpaired) electrons. The minimum atomic E-state index is -0.412. The zero-order chi connectivity index (χ0) is 19.9. The summed E-state index contributed by atoms with van der Waals surface area (Å²) in [5, 5.41) is 0. The van der Waals surface area contributed by atoms with Gasteiger partial charge in [0.25, 0.3) is 5.91 Å². The van der Waals surface area contributed by atoms with Gasteiger partial charge in [0, 0.05) is 22.2 Å².